The Morgan fingerprint density at radius 2 is 1.97 bits per heavy atom. The number of amides is 1. The van der Waals surface area contributed by atoms with Gasteiger partial charge in [0, 0.05) is 16.1 Å². The van der Waals surface area contributed by atoms with E-state index in [4.69, 9.17) is 4.74 Å². The molecular weight excluding hydrogens is 440 g/mol. The Bertz CT molecular complexity index is 1190. The number of aryl methyl sites for hydroxylation is 1. The van der Waals surface area contributed by atoms with Crippen LogP contribution in [0.2, 0.25) is 0 Å². The van der Waals surface area contributed by atoms with Gasteiger partial charge >= 0.3 is 0 Å². The molecule has 0 saturated carbocycles. The summed E-state index contributed by atoms with van der Waals surface area (Å²) in [6.07, 6.45) is 0. The van der Waals surface area contributed by atoms with Gasteiger partial charge in [0.05, 0.1) is 18.9 Å². The molecule has 8 heteroatoms. The van der Waals surface area contributed by atoms with Crippen molar-refractivity contribution in [1.82, 2.24) is 20.1 Å². The molecular formula is C24H24N4O2S2. The molecule has 32 heavy (non-hydrogen) atoms. The zero-order valence-corrected chi connectivity index (χ0v) is 19.7. The van der Waals surface area contributed by atoms with Gasteiger partial charge in [0.1, 0.15) is 5.75 Å². The molecule has 2 heterocycles. The van der Waals surface area contributed by atoms with Crippen LogP contribution in [0.15, 0.2) is 71.2 Å². The molecule has 0 aliphatic carbocycles. The van der Waals surface area contributed by atoms with E-state index in [2.05, 4.69) is 21.6 Å². The lowest BCUT2D eigenvalue weighted by atomic mass is 10.1. The van der Waals surface area contributed by atoms with Gasteiger partial charge in [0.25, 0.3) is 0 Å². The van der Waals surface area contributed by atoms with Gasteiger partial charge < -0.3 is 10.1 Å². The number of ether oxygens (including phenoxy) is 1. The second kappa shape index (κ2) is 10.0. The Morgan fingerprint density at radius 3 is 2.66 bits per heavy atom. The number of hydrogen-bond acceptors (Lipinski definition) is 6. The summed E-state index contributed by atoms with van der Waals surface area (Å²) in [7, 11) is 1.64. The topological polar surface area (TPSA) is 69.0 Å². The molecule has 0 aliphatic heterocycles. The third-order valence-corrected chi connectivity index (χ3v) is 6.90. The van der Waals surface area contributed by atoms with Gasteiger partial charge in [-0.1, -0.05) is 41.6 Å². The average molecular weight is 465 g/mol. The minimum absolute atomic E-state index is 0.0228. The molecule has 6 nitrogen and oxygen atoms in total. The van der Waals surface area contributed by atoms with Gasteiger partial charge in [-0.15, -0.1) is 21.5 Å². The van der Waals surface area contributed by atoms with E-state index in [0.29, 0.717) is 5.16 Å². The quantitative estimate of drug-likeness (QED) is 0.359. The molecule has 164 valence electrons. The molecule has 0 saturated heterocycles. The Labute approximate surface area is 195 Å². The van der Waals surface area contributed by atoms with Crippen molar-refractivity contribution in [2.45, 2.75) is 25.0 Å². The molecule has 1 amide bonds. The lowest BCUT2D eigenvalue weighted by molar-refractivity contribution is -0.119. The van der Waals surface area contributed by atoms with E-state index in [1.165, 1.54) is 11.8 Å². The maximum Gasteiger partial charge on any atom is 0.230 e. The summed E-state index contributed by atoms with van der Waals surface area (Å²) in [5.74, 6) is 1.71. The van der Waals surface area contributed by atoms with Crippen molar-refractivity contribution in [2.75, 3.05) is 12.9 Å². The molecule has 1 atom stereocenters. The van der Waals surface area contributed by atoms with Gasteiger partial charge in [-0.05, 0) is 55.6 Å². The fraction of sp³-hybridized carbons (Fsp3) is 0.208. The van der Waals surface area contributed by atoms with E-state index in [9.17, 15) is 4.79 Å². The number of thioether (sulfide) groups is 1. The number of benzene rings is 2. The Kier molecular flexibility index (Phi) is 6.92. The number of aromatic nitrogens is 3. The number of carbonyl (C=O) groups excluding carboxylic acids is 1. The summed E-state index contributed by atoms with van der Waals surface area (Å²) in [4.78, 5) is 13.7. The molecule has 4 rings (SSSR count). The lowest BCUT2D eigenvalue weighted by Crippen LogP contribution is -2.27. The SMILES string of the molecule is COc1ccc(-n2c(SCC(=O)NC(C)c3cccs3)nnc2-c2cccc(C)c2)cc1. The summed E-state index contributed by atoms with van der Waals surface area (Å²) in [5, 5.41) is 14.6. The second-order valence-electron chi connectivity index (χ2n) is 7.30. The highest BCUT2D eigenvalue weighted by molar-refractivity contribution is 7.99. The lowest BCUT2D eigenvalue weighted by Gasteiger charge is -2.13. The summed E-state index contributed by atoms with van der Waals surface area (Å²) < 4.78 is 7.28. The van der Waals surface area contributed by atoms with Crippen LogP contribution in [0.4, 0.5) is 0 Å². The first-order chi connectivity index (χ1) is 15.5. The van der Waals surface area contributed by atoms with Crippen molar-refractivity contribution in [3.05, 3.63) is 76.5 Å². The van der Waals surface area contributed by atoms with Crippen LogP contribution in [0.5, 0.6) is 5.75 Å². The molecule has 2 aromatic heterocycles. The van der Waals surface area contributed by atoms with Crippen molar-refractivity contribution < 1.29 is 9.53 Å². The zero-order valence-electron chi connectivity index (χ0n) is 18.1. The van der Waals surface area contributed by atoms with Crippen LogP contribution in [0, 0.1) is 6.92 Å². The second-order valence-corrected chi connectivity index (χ2v) is 9.22. The maximum atomic E-state index is 12.6. The van der Waals surface area contributed by atoms with Gasteiger partial charge in [0.2, 0.25) is 5.91 Å². The predicted molar refractivity (Wildman–Crippen MR) is 130 cm³/mol. The molecule has 1 N–H and O–H groups in total. The summed E-state index contributed by atoms with van der Waals surface area (Å²) >= 11 is 3.00. The Hall–Kier alpha value is -3.10. The maximum absolute atomic E-state index is 12.6. The minimum atomic E-state index is -0.0442. The molecule has 0 bridgehead atoms. The van der Waals surface area contributed by atoms with E-state index < -0.39 is 0 Å². The number of thiophene rings is 1. The molecule has 4 aromatic rings. The molecule has 0 spiro atoms. The number of nitrogens with one attached hydrogen (secondary N) is 1. The molecule has 2 aromatic carbocycles. The predicted octanol–water partition coefficient (Wildman–Crippen LogP) is 5.28. The summed E-state index contributed by atoms with van der Waals surface area (Å²) in [5.41, 5.74) is 3.01. The van der Waals surface area contributed by atoms with E-state index >= 15 is 0 Å². The average Bonchev–Trinajstić information content (AvgIpc) is 3.48. The zero-order chi connectivity index (χ0) is 22.5. The van der Waals surface area contributed by atoms with Crippen molar-refractivity contribution in [1.29, 1.82) is 0 Å². The number of methoxy groups -OCH3 is 1. The van der Waals surface area contributed by atoms with Crippen LogP contribution in [0.1, 0.15) is 23.4 Å². The Morgan fingerprint density at radius 1 is 1.16 bits per heavy atom. The highest BCUT2D eigenvalue weighted by atomic mass is 32.2. The number of rotatable bonds is 8. The van der Waals surface area contributed by atoms with Crippen LogP contribution in [0.3, 0.4) is 0 Å². The fourth-order valence-electron chi connectivity index (χ4n) is 3.32. The van der Waals surface area contributed by atoms with Crippen LogP contribution >= 0.6 is 23.1 Å². The van der Waals surface area contributed by atoms with E-state index in [1.807, 2.05) is 78.4 Å². The number of carbonyl (C=O) groups is 1. The van der Waals surface area contributed by atoms with Crippen molar-refractivity contribution >= 4 is 29.0 Å². The van der Waals surface area contributed by atoms with E-state index in [1.54, 1.807) is 18.4 Å². The first-order valence-corrected chi connectivity index (χ1v) is 12.0. The van der Waals surface area contributed by atoms with Gasteiger partial charge in [-0.3, -0.25) is 9.36 Å². The highest BCUT2D eigenvalue weighted by Gasteiger charge is 2.18. The molecule has 1 unspecified atom stereocenters. The number of hydrogen-bond donors (Lipinski definition) is 1. The molecule has 0 fully saturated rings. The van der Waals surface area contributed by atoms with E-state index in [0.717, 1.165) is 33.3 Å². The molecule has 0 radical (unpaired) electrons. The summed E-state index contributed by atoms with van der Waals surface area (Å²) in [6, 6.07) is 19.9. The van der Waals surface area contributed by atoms with Crippen molar-refractivity contribution in [3.8, 4) is 22.8 Å². The van der Waals surface area contributed by atoms with Crippen LogP contribution in [0.25, 0.3) is 17.1 Å². The standard InChI is InChI=1S/C24H24N4O2S2/c1-16-6-4-7-18(14-16)23-26-27-24(28(23)19-9-11-20(30-3)12-10-19)32-15-22(29)25-17(2)21-8-5-13-31-21/h4-14,17H,15H2,1-3H3,(H,25,29). The normalized spacial score (nSPS) is 11.8. The fourth-order valence-corrected chi connectivity index (χ4v) is 4.82. The van der Waals surface area contributed by atoms with Gasteiger partial charge in [-0.25, -0.2) is 0 Å². The monoisotopic (exact) mass is 464 g/mol. The van der Waals surface area contributed by atoms with Crippen LogP contribution < -0.4 is 10.1 Å². The first-order valence-electron chi connectivity index (χ1n) is 10.2. The van der Waals surface area contributed by atoms with E-state index in [-0.39, 0.29) is 17.7 Å². The number of nitrogens with zero attached hydrogens (tertiary/aromatic N) is 3. The third kappa shape index (κ3) is 5.03. The third-order valence-electron chi connectivity index (χ3n) is 4.92. The van der Waals surface area contributed by atoms with Crippen LogP contribution in [-0.2, 0) is 4.79 Å². The summed E-state index contributed by atoms with van der Waals surface area (Å²) in [6.45, 7) is 4.04. The largest absolute Gasteiger partial charge is 0.497 e. The Balaban J connectivity index is 1.59. The van der Waals surface area contributed by atoms with Crippen LogP contribution in [-0.4, -0.2) is 33.5 Å². The van der Waals surface area contributed by atoms with Crippen molar-refractivity contribution in [2.24, 2.45) is 0 Å². The highest BCUT2D eigenvalue weighted by Crippen LogP contribution is 2.29. The van der Waals surface area contributed by atoms with Gasteiger partial charge in [0.15, 0.2) is 11.0 Å². The first kappa shape index (κ1) is 22.1. The smallest absolute Gasteiger partial charge is 0.230 e. The minimum Gasteiger partial charge on any atom is -0.497 e. The van der Waals surface area contributed by atoms with Gasteiger partial charge in [-0.2, -0.15) is 0 Å². The molecule has 0 aliphatic rings. The van der Waals surface area contributed by atoms with Crippen molar-refractivity contribution in [3.63, 3.8) is 0 Å².